The van der Waals surface area contributed by atoms with E-state index in [1.165, 1.54) is 28.1 Å². The van der Waals surface area contributed by atoms with Crippen molar-refractivity contribution in [1.29, 1.82) is 0 Å². The average molecular weight is 254 g/mol. The molecule has 0 aliphatic rings. The van der Waals surface area contributed by atoms with Crippen molar-refractivity contribution in [1.82, 2.24) is 0 Å². The van der Waals surface area contributed by atoms with Gasteiger partial charge < -0.3 is 10.6 Å². The summed E-state index contributed by atoms with van der Waals surface area (Å²) in [5, 5.41) is 0. The van der Waals surface area contributed by atoms with E-state index in [9.17, 15) is 0 Å². The summed E-state index contributed by atoms with van der Waals surface area (Å²) in [6.45, 7) is 6.28. The molecule has 0 radical (unpaired) electrons. The second-order valence-electron chi connectivity index (χ2n) is 5.25. The second kappa shape index (κ2) is 5.45. The average Bonchev–Trinajstić information content (AvgIpc) is 2.36. The fourth-order valence-electron chi connectivity index (χ4n) is 2.46. The molecular formula is C17H22N2. The molecule has 100 valence electrons. The minimum Gasteiger partial charge on any atom is -0.344 e. The van der Waals surface area contributed by atoms with Gasteiger partial charge in [0.15, 0.2) is 0 Å². The first-order valence-electron chi connectivity index (χ1n) is 6.65. The second-order valence-corrected chi connectivity index (χ2v) is 5.25. The third-order valence-corrected chi connectivity index (χ3v) is 3.38. The first-order chi connectivity index (χ1) is 8.99. The van der Waals surface area contributed by atoms with E-state index in [-0.39, 0.29) is 6.04 Å². The molecule has 2 aromatic carbocycles. The molecule has 2 N–H and O–H groups in total. The van der Waals surface area contributed by atoms with Gasteiger partial charge in [-0.15, -0.1) is 0 Å². The molecular weight excluding hydrogens is 232 g/mol. The maximum absolute atomic E-state index is 6.06. The van der Waals surface area contributed by atoms with Crippen LogP contribution in [0.4, 0.5) is 11.4 Å². The zero-order valence-electron chi connectivity index (χ0n) is 12.1. The van der Waals surface area contributed by atoms with Crippen LogP contribution in [-0.2, 0) is 0 Å². The Labute approximate surface area is 115 Å². The Morgan fingerprint density at radius 3 is 2.16 bits per heavy atom. The van der Waals surface area contributed by atoms with Crippen LogP contribution in [0, 0.1) is 13.8 Å². The van der Waals surface area contributed by atoms with Crippen LogP contribution in [0.3, 0.4) is 0 Å². The molecule has 0 spiro atoms. The molecule has 1 unspecified atom stereocenters. The molecule has 19 heavy (non-hydrogen) atoms. The SMILES string of the molecule is Cc1cc(C)cc(N(C)c2ccccc2C(C)N)c1. The molecule has 2 nitrogen and oxygen atoms in total. The fourth-order valence-corrected chi connectivity index (χ4v) is 2.46. The Hall–Kier alpha value is -1.80. The molecule has 0 amide bonds. The van der Waals surface area contributed by atoms with Gasteiger partial charge in [0.1, 0.15) is 0 Å². The molecule has 0 aliphatic carbocycles. The van der Waals surface area contributed by atoms with Crippen molar-refractivity contribution in [2.45, 2.75) is 26.8 Å². The zero-order valence-corrected chi connectivity index (χ0v) is 12.1. The first kappa shape index (κ1) is 13.6. The lowest BCUT2D eigenvalue weighted by molar-refractivity contribution is 0.815. The van der Waals surface area contributed by atoms with E-state index in [4.69, 9.17) is 5.73 Å². The number of aryl methyl sites for hydroxylation is 2. The monoisotopic (exact) mass is 254 g/mol. The quantitative estimate of drug-likeness (QED) is 0.893. The van der Waals surface area contributed by atoms with Crippen LogP contribution >= 0.6 is 0 Å². The number of nitrogens with two attached hydrogens (primary N) is 1. The van der Waals surface area contributed by atoms with Crippen molar-refractivity contribution in [3.05, 3.63) is 59.2 Å². The summed E-state index contributed by atoms with van der Waals surface area (Å²) in [6.07, 6.45) is 0. The molecule has 0 bridgehead atoms. The van der Waals surface area contributed by atoms with Gasteiger partial charge in [0.25, 0.3) is 0 Å². The summed E-state index contributed by atoms with van der Waals surface area (Å²) < 4.78 is 0. The maximum atomic E-state index is 6.06. The van der Waals surface area contributed by atoms with Crippen molar-refractivity contribution in [3.63, 3.8) is 0 Å². The normalized spacial score (nSPS) is 12.3. The van der Waals surface area contributed by atoms with Gasteiger partial charge in [0.2, 0.25) is 0 Å². The third-order valence-electron chi connectivity index (χ3n) is 3.38. The van der Waals surface area contributed by atoms with Crippen LogP contribution in [0.15, 0.2) is 42.5 Å². The number of benzene rings is 2. The van der Waals surface area contributed by atoms with Crippen LogP contribution in [0.2, 0.25) is 0 Å². The van der Waals surface area contributed by atoms with E-state index in [2.05, 4.69) is 62.2 Å². The van der Waals surface area contributed by atoms with Gasteiger partial charge >= 0.3 is 0 Å². The van der Waals surface area contributed by atoms with Crippen molar-refractivity contribution in [2.75, 3.05) is 11.9 Å². The van der Waals surface area contributed by atoms with Gasteiger partial charge in [0.05, 0.1) is 0 Å². The zero-order chi connectivity index (χ0) is 14.0. The van der Waals surface area contributed by atoms with Crippen LogP contribution in [0.1, 0.15) is 29.7 Å². The molecule has 2 heteroatoms. The Balaban J connectivity index is 2.46. The number of nitrogens with zero attached hydrogens (tertiary/aromatic N) is 1. The maximum Gasteiger partial charge on any atom is 0.0456 e. The predicted molar refractivity (Wildman–Crippen MR) is 83.0 cm³/mol. The molecule has 2 rings (SSSR count). The highest BCUT2D eigenvalue weighted by atomic mass is 15.1. The molecule has 0 aliphatic heterocycles. The fraction of sp³-hybridized carbons (Fsp3) is 0.294. The smallest absolute Gasteiger partial charge is 0.0456 e. The van der Waals surface area contributed by atoms with Gasteiger partial charge in [0, 0.05) is 24.5 Å². The summed E-state index contributed by atoms with van der Waals surface area (Å²) in [7, 11) is 2.09. The molecule has 0 saturated carbocycles. The van der Waals surface area contributed by atoms with Crippen molar-refractivity contribution < 1.29 is 0 Å². The Morgan fingerprint density at radius 2 is 1.58 bits per heavy atom. The molecule has 1 atom stereocenters. The van der Waals surface area contributed by atoms with E-state index in [0.29, 0.717) is 0 Å². The summed E-state index contributed by atoms with van der Waals surface area (Å²) in [5.74, 6) is 0. The van der Waals surface area contributed by atoms with Crippen LogP contribution in [-0.4, -0.2) is 7.05 Å². The van der Waals surface area contributed by atoms with E-state index >= 15 is 0 Å². The minimum atomic E-state index is 0.0320. The lowest BCUT2D eigenvalue weighted by Gasteiger charge is -2.24. The Kier molecular flexibility index (Phi) is 3.91. The van der Waals surface area contributed by atoms with E-state index < -0.39 is 0 Å². The number of anilines is 2. The topological polar surface area (TPSA) is 29.3 Å². The number of rotatable bonds is 3. The summed E-state index contributed by atoms with van der Waals surface area (Å²) in [6, 6.07) is 14.9. The number of hydrogen-bond acceptors (Lipinski definition) is 2. The molecule has 2 aromatic rings. The molecule has 0 aromatic heterocycles. The third kappa shape index (κ3) is 2.96. The minimum absolute atomic E-state index is 0.0320. The summed E-state index contributed by atoms with van der Waals surface area (Å²) in [4.78, 5) is 2.21. The molecule has 0 fully saturated rings. The first-order valence-corrected chi connectivity index (χ1v) is 6.65. The predicted octanol–water partition coefficient (Wildman–Crippen LogP) is 4.09. The Morgan fingerprint density at radius 1 is 1.00 bits per heavy atom. The Bertz CT molecular complexity index is 553. The van der Waals surface area contributed by atoms with Crippen LogP contribution in [0.25, 0.3) is 0 Å². The van der Waals surface area contributed by atoms with Crippen molar-refractivity contribution in [2.24, 2.45) is 5.73 Å². The standard InChI is InChI=1S/C17H22N2/c1-12-9-13(2)11-15(10-12)19(4)17-8-6-5-7-16(17)14(3)18/h5-11,14H,18H2,1-4H3. The lowest BCUT2D eigenvalue weighted by atomic mass is 10.0. The van der Waals surface area contributed by atoms with Crippen molar-refractivity contribution >= 4 is 11.4 Å². The molecule has 0 saturated heterocycles. The van der Waals surface area contributed by atoms with Crippen molar-refractivity contribution in [3.8, 4) is 0 Å². The van der Waals surface area contributed by atoms with Gasteiger partial charge in [-0.25, -0.2) is 0 Å². The van der Waals surface area contributed by atoms with Crippen LogP contribution < -0.4 is 10.6 Å². The lowest BCUT2D eigenvalue weighted by Crippen LogP contribution is -2.15. The van der Waals surface area contributed by atoms with Crippen LogP contribution in [0.5, 0.6) is 0 Å². The van der Waals surface area contributed by atoms with Gasteiger partial charge in [-0.3, -0.25) is 0 Å². The van der Waals surface area contributed by atoms with E-state index in [1.807, 2.05) is 13.0 Å². The largest absolute Gasteiger partial charge is 0.344 e. The summed E-state index contributed by atoms with van der Waals surface area (Å²) >= 11 is 0. The highest BCUT2D eigenvalue weighted by Crippen LogP contribution is 2.30. The van der Waals surface area contributed by atoms with Gasteiger partial charge in [-0.2, -0.15) is 0 Å². The highest BCUT2D eigenvalue weighted by molar-refractivity contribution is 5.67. The van der Waals surface area contributed by atoms with E-state index in [0.717, 1.165) is 0 Å². The number of para-hydroxylation sites is 1. The summed E-state index contributed by atoms with van der Waals surface area (Å²) in [5.41, 5.74) is 12.2. The number of hydrogen-bond donors (Lipinski definition) is 1. The van der Waals surface area contributed by atoms with Gasteiger partial charge in [-0.05, 0) is 55.7 Å². The van der Waals surface area contributed by atoms with Gasteiger partial charge in [-0.1, -0.05) is 24.3 Å². The van der Waals surface area contributed by atoms with E-state index in [1.54, 1.807) is 0 Å². The molecule has 0 heterocycles. The highest BCUT2D eigenvalue weighted by Gasteiger charge is 2.11.